The Morgan fingerprint density at radius 1 is 1.35 bits per heavy atom. The van der Waals surface area contributed by atoms with Crippen LogP contribution in [-0.2, 0) is 4.74 Å². The summed E-state index contributed by atoms with van der Waals surface area (Å²) in [5.41, 5.74) is 3.44. The Hall–Kier alpha value is -1.40. The fourth-order valence-electron chi connectivity index (χ4n) is 1.47. The van der Waals surface area contributed by atoms with Crippen molar-refractivity contribution in [2.45, 2.75) is 26.7 Å². The zero-order chi connectivity index (χ0) is 12.7. The molecule has 0 aromatic carbocycles. The van der Waals surface area contributed by atoms with E-state index in [4.69, 9.17) is 15.3 Å². The summed E-state index contributed by atoms with van der Waals surface area (Å²) in [7, 11) is 0. The average molecular weight is 240 g/mol. The fraction of sp³-hybridized carbons (Fsp3) is 0.636. The number of hydrogen-bond acceptors (Lipinski definition) is 6. The number of nitrogen functional groups attached to an aromatic ring is 1. The van der Waals surface area contributed by atoms with Crippen molar-refractivity contribution in [2.75, 3.05) is 25.2 Å². The number of anilines is 1. The molecule has 6 heteroatoms. The minimum atomic E-state index is 0.226. The molecule has 0 amide bonds. The number of nitrogens with one attached hydrogen (secondary N) is 1. The number of hydrazine groups is 1. The van der Waals surface area contributed by atoms with Crippen LogP contribution in [0.2, 0.25) is 0 Å². The summed E-state index contributed by atoms with van der Waals surface area (Å²) < 4.78 is 10.8. The third-order valence-electron chi connectivity index (χ3n) is 2.23. The van der Waals surface area contributed by atoms with Gasteiger partial charge in [0, 0.05) is 6.61 Å². The number of rotatable bonds is 7. The van der Waals surface area contributed by atoms with Gasteiger partial charge in [0.15, 0.2) is 5.82 Å². The molecule has 0 fully saturated rings. The molecule has 0 atom stereocenters. The van der Waals surface area contributed by atoms with Crippen molar-refractivity contribution in [3.05, 3.63) is 11.9 Å². The van der Waals surface area contributed by atoms with Gasteiger partial charge in [0.25, 0.3) is 0 Å². The summed E-state index contributed by atoms with van der Waals surface area (Å²) in [5.74, 6) is 6.80. The highest BCUT2D eigenvalue weighted by atomic mass is 16.5. The van der Waals surface area contributed by atoms with Crippen LogP contribution >= 0.6 is 0 Å². The molecule has 0 radical (unpaired) electrons. The minimum absolute atomic E-state index is 0.226. The molecule has 17 heavy (non-hydrogen) atoms. The molecule has 1 aromatic rings. The van der Waals surface area contributed by atoms with Gasteiger partial charge in [0.1, 0.15) is 12.9 Å². The highest BCUT2D eigenvalue weighted by Gasteiger charge is 2.15. The van der Waals surface area contributed by atoms with Crippen molar-refractivity contribution in [1.29, 1.82) is 0 Å². The molecule has 0 aliphatic heterocycles. The topological polar surface area (TPSA) is 82.3 Å². The first-order valence-electron chi connectivity index (χ1n) is 5.72. The summed E-state index contributed by atoms with van der Waals surface area (Å²) >= 11 is 0. The number of hydrogen-bond donors (Lipinski definition) is 2. The maximum Gasteiger partial charge on any atom is 0.222 e. The highest BCUT2D eigenvalue weighted by molar-refractivity contribution is 5.49. The third kappa shape index (κ3) is 3.83. The van der Waals surface area contributed by atoms with Gasteiger partial charge in [0.05, 0.1) is 12.2 Å². The van der Waals surface area contributed by atoms with Crippen LogP contribution in [0.1, 0.15) is 32.3 Å². The average Bonchev–Trinajstić information content (AvgIpc) is 2.33. The molecule has 0 saturated carbocycles. The molecule has 0 bridgehead atoms. The van der Waals surface area contributed by atoms with Gasteiger partial charge < -0.3 is 14.9 Å². The second-order valence-corrected chi connectivity index (χ2v) is 3.79. The largest absolute Gasteiger partial charge is 0.475 e. The van der Waals surface area contributed by atoms with Gasteiger partial charge in [-0.05, 0) is 12.8 Å². The van der Waals surface area contributed by atoms with Gasteiger partial charge in [0.2, 0.25) is 5.88 Å². The highest BCUT2D eigenvalue weighted by Crippen LogP contribution is 2.29. The number of ether oxygens (including phenoxy) is 2. The Kier molecular flexibility index (Phi) is 5.65. The molecule has 0 aliphatic carbocycles. The van der Waals surface area contributed by atoms with E-state index in [-0.39, 0.29) is 5.92 Å². The molecule has 0 unspecified atom stereocenters. The lowest BCUT2D eigenvalue weighted by Gasteiger charge is -2.15. The molecule has 1 aromatic heterocycles. The molecule has 3 N–H and O–H groups in total. The SMILES string of the molecule is CCOCCOc1ncnc(NN)c1C(C)C. The fourth-order valence-corrected chi connectivity index (χ4v) is 1.47. The molecular formula is C11H20N4O2. The van der Waals surface area contributed by atoms with Gasteiger partial charge in [-0.25, -0.2) is 15.8 Å². The van der Waals surface area contributed by atoms with Gasteiger partial charge in [-0.3, -0.25) is 0 Å². The van der Waals surface area contributed by atoms with Crippen molar-refractivity contribution in [3.63, 3.8) is 0 Å². The maximum atomic E-state index is 5.57. The molecule has 0 saturated heterocycles. The van der Waals surface area contributed by atoms with Crippen LogP contribution in [-0.4, -0.2) is 29.8 Å². The lowest BCUT2D eigenvalue weighted by molar-refractivity contribution is 0.108. The number of aromatic nitrogens is 2. The van der Waals surface area contributed by atoms with E-state index in [9.17, 15) is 0 Å². The molecular weight excluding hydrogens is 220 g/mol. The second kappa shape index (κ2) is 7.03. The normalized spacial score (nSPS) is 10.6. The Bertz CT molecular complexity index is 344. The molecule has 1 rings (SSSR count). The smallest absolute Gasteiger partial charge is 0.222 e. The van der Waals surface area contributed by atoms with E-state index in [1.807, 2.05) is 20.8 Å². The van der Waals surface area contributed by atoms with Gasteiger partial charge in [-0.2, -0.15) is 0 Å². The van der Waals surface area contributed by atoms with Crippen LogP contribution in [0.3, 0.4) is 0 Å². The predicted octanol–water partition coefficient (Wildman–Crippen LogP) is 1.30. The van der Waals surface area contributed by atoms with Crippen molar-refractivity contribution >= 4 is 5.82 Å². The van der Waals surface area contributed by atoms with Crippen molar-refractivity contribution in [2.24, 2.45) is 5.84 Å². The zero-order valence-corrected chi connectivity index (χ0v) is 10.6. The van der Waals surface area contributed by atoms with Crippen LogP contribution in [0, 0.1) is 0 Å². The second-order valence-electron chi connectivity index (χ2n) is 3.79. The van der Waals surface area contributed by atoms with E-state index in [1.54, 1.807) is 0 Å². The van der Waals surface area contributed by atoms with E-state index in [0.717, 1.165) is 5.56 Å². The van der Waals surface area contributed by atoms with Crippen molar-refractivity contribution < 1.29 is 9.47 Å². The minimum Gasteiger partial charge on any atom is -0.475 e. The van der Waals surface area contributed by atoms with Crippen LogP contribution in [0.15, 0.2) is 6.33 Å². The van der Waals surface area contributed by atoms with Crippen molar-refractivity contribution in [1.82, 2.24) is 9.97 Å². The van der Waals surface area contributed by atoms with Crippen LogP contribution in [0.5, 0.6) is 5.88 Å². The van der Waals surface area contributed by atoms with E-state index in [0.29, 0.717) is 31.5 Å². The first-order chi connectivity index (χ1) is 8.20. The zero-order valence-electron chi connectivity index (χ0n) is 10.6. The number of nitrogens with zero attached hydrogens (tertiary/aromatic N) is 2. The van der Waals surface area contributed by atoms with Gasteiger partial charge in [-0.1, -0.05) is 13.8 Å². The third-order valence-corrected chi connectivity index (χ3v) is 2.23. The van der Waals surface area contributed by atoms with E-state index >= 15 is 0 Å². The quantitative estimate of drug-likeness (QED) is 0.424. The lowest BCUT2D eigenvalue weighted by atomic mass is 10.1. The Morgan fingerprint density at radius 2 is 2.12 bits per heavy atom. The summed E-state index contributed by atoms with van der Waals surface area (Å²) in [6, 6.07) is 0. The standard InChI is InChI=1S/C11H20N4O2/c1-4-16-5-6-17-11-9(8(2)3)10(15-12)13-7-14-11/h7-8H,4-6,12H2,1-3H3,(H,13,14,15). The van der Waals surface area contributed by atoms with E-state index < -0.39 is 0 Å². The maximum absolute atomic E-state index is 5.57. The summed E-state index contributed by atoms with van der Waals surface area (Å²) in [4.78, 5) is 8.19. The molecule has 0 aliphatic rings. The molecule has 0 spiro atoms. The Labute approximate surface area is 102 Å². The Morgan fingerprint density at radius 3 is 2.71 bits per heavy atom. The van der Waals surface area contributed by atoms with Crippen LogP contribution < -0.4 is 16.0 Å². The first kappa shape index (κ1) is 13.7. The van der Waals surface area contributed by atoms with Crippen LogP contribution in [0.4, 0.5) is 5.82 Å². The summed E-state index contributed by atoms with van der Waals surface area (Å²) in [6.07, 6.45) is 1.43. The van der Waals surface area contributed by atoms with Gasteiger partial charge in [-0.15, -0.1) is 0 Å². The molecule has 6 nitrogen and oxygen atoms in total. The van der Waals surface area contributed by atoms with Crippen LogP contribution in [0.25, 0.3) is 0 Å². The predicted molar refractivity (Wildman–Crippen MR) is 65.9 cm³/mol. The lowest BCUT2D eigenvalue weighted by Crippen LogP contribution is -2.15. The molecule has 1 heterocycles. The summed E-state index contributed by atoms with van der Waals surface area (Å²) in [6.45, 7) is 7.71. The first-order valence-corrected chi connectivity index (χ1v) is 5.72. The molecule has 96 valence electrons. The van der Waals surface area contributed by atoms with E-state index in [2.05, 4.69) is 15.4 Å². The summed E-state index contributed by atoms with van der Waals surface area (Å²) in [5, 5.41) is 0. The Balaban J connectivity index is 2.76. The van der Waals surface area contributed by atoms with E-state index in [1.165, 1.54) is 6.33 Å². The number of nitrogens with two attached hydrogens (primary N) is 1. The monoisotopic (exact) mass is 240 g/mol. The van der Waals surface area contributed by atoms with Gasteiger partial charge >= 0.3 is 0 Å². The van der Waals surface area contributed by atoms with Crippen molar-refractivity contribution in [3.8, 4) is 5.88 Å².